The van der Waals surface area contributed by atoms with Gasteiger partial charge in [0.05, 0.1) is 6.04 Å². The molecule has 0 bridgehead atoms. The molecule has 8 heteroatoms. The third kappa shape index (κ3) is 4.53. The molecule has 6 N–H and O–H groups in total. The third-order valence-electron chi connectivity index (χ3n) is 0.900. The van der Waals surface area contributed by atoms with E-state index in [0.29, 0.717) is 0 Å². The lowest BCUT2D eigenvalue weighted by molar-refractivity contribution is 0.316. The van der Waals surface area contributed by atoms with Crippen molar-refractivity contribution in [1.82, 2.24) is 4.72 Å². The monoisotopic (exact) mass is 182 g/mol. The Hall–Kier alpha value is -0.860. The third-order valence-corrected chi connectivity index (χ3v) is 1.58. The maximum Gasteiger partial charge on any atom is 0.275 e. The minimum Gasteiger partial charge on any atom is -0.409 e. The summed E-state index contributed by atoms with van der Waals surface area (Å²) in [5, 5.41) is 15.3. The van der Waals surface area contributed by atoms with E-state index in [2.05, 4.69) is 10.3 Å². The van der Waals surface area contributed by atoms with Crippen LogP contribution in [0.15, 0.2) is 5.16 Å². The van der Waals surface area contributed by atoms with Gasteiger partial charge in [0.2, 0.25) is 0 Å². The van der Waals surface area contributed by atoms with E-state index >= 15 is 0 Å². The molecule has 0 aliphatic rings. The predicted molar refractivity (Wildman–Crippen MR) is 39.1 cm³/mol. The van der Waals surface area contributed by atoms with Crippen LogP contribution in [0.25, 0.3) is 0 Å². The Labute approximate surface area is 64.2 Å². The van der Waals surface area contributed by atoms with E-state index in [1.807, 2.05) is 4.72 Å². The summed E-state index contributed by atoms with van der Waals surface area (Å²) in [6, 6.07) is -0.810. The average molecular weight is 182 g/mol. The molecule has 11 heavy (non-hydrogen) atoms. The van der Waals surface area contributed by atoms with Crippen molar-refractivity contribution < 1.29 is 13.6 Å². The lowest BCUT2D eigenvalue weighted by Crippen LogP contribution is -2.45. The van der Waals surface area contributed by atoms with E-state index in [1.54, 1.807) is 0 Å². The van der Waals surface area contributed by atoms with Crippen LogP contribution in [0.2, 0.25) is 0 Å². The van der Waals surface area contributed by atoms with Crippen LogP contribution >= 0.6 is 0 Å². The molecule has 0 aromatic rings. The molecule has 0 amide bonds. The number of nitrogens with zero attached hydrogens (tertiary/aromatic N) is 1. The van der Waals surface area contributed by atoms with Crippen LogP contribution in [0.3, 0.4) is 0 Å². The highest BCUT2D eigenvalue weighted by Gasteiger charge is 2.12. The van der Waals surface area contributed by atoms with Crippen LogP contribution in [-0.2, 0) is 10.2 Å². The fraction of sp³-hybridized carbons (Fsp3) is 0.667. The van der Waals surface area contributed by atoms with E-state index in [0.717, 1.165) is 0 Å². The first-order valence-electron chi connectivity index (χ1n) is 2.64. The van der Waals surface area contributed by atoms with Gasteiger partial charge in [-0.3, -0.25) is 0 Å². The minimum atomic E-state index is -3.80. The zero-order valence-corrected chi connectivity index (χ0v) is 6.67. The van der Waals surface area contributed by atoms with Gasteiger partial charge in [-0.05, 0) is 6.92 Å². The normalized spacial score (nSPS) is 16.4. The van der Waals surface area contributed by atoms with Gasteiger partial charge in [0.25, 0.3) is 10.2 Å². The van der Waals surface area contributed by atoms with Crippen LogP contribution < -0.4 is 15.6 Å². The summed E-state index contributed by atoms with van der Waals surface area (Å²) in [5.41, 5.74) is 5.04. The van der Waals surface area contributed by atoms with Crippen LogP contribution in [0.1, 0.15) is 6.92 Å². The fourth-order valence-electron chi connectivity index (χ4n) is 0.393. The lowest BCUT2D eigenvalue weighted by Gasteiger charge is -2.08. The molecule has 0 heterocycles. The number of oxime groups is 1. The van der Waals surface area contributed by atoms with E-state index in [4.69, 9.17) is 10.9 Å². The van der Waals surface area contributed by atoms with E-state index in [1.165, 1.54) is 6.92 Å². The molecule has 0 fully saturated rings. The van der Waals surface area contributed by atoms with Crippen molar-refractivity contribution >= 4 is 16.0 Å². The van der Waals surface area contributed by atoms with Gasteiger partial charge in [0.15, 0.2) is 5.84 Å². The molecule has 0 aromatic carbocycles. The molecule has 0 saturated carbocycles. The van der Waals surface area contributed by atoms with Gasteiger partial charge in [-0.2, -0.15) is 13.1 Å². The Kier molecular flexibility index (Phi) is 3.23. The van der Waals surface area contributed by atoms with Crippen molar-refractivity contribution in [3.05, 3.63) is 0 Å². The largest absolute Gasteiger partial charge is 0.409 e. The molecule has 1 atom stereocenters. The van der Waals surface area contributed by atoms with E-state index in [9.17, 15) is 8.42 Å². The lowest BCUT2D eigenvalue weighted by atomic mass is 10.3. The Bertz CT molecular complexity index is 245. The smallest absolute Gasteiger partial charge is 0.275 e. The summed E-state index contributed by atoms with van der Waals surface area (Å²) < 4.78 is 22.6. The molecule has 0 aliphatic carbocycles. The second kappa shape index (κ2) is 3.51. The molecule has 0 saturated heterocycles. The Balaban J connectivity index is 4.21. The van der Waals surface area contributed by atoms with Gasteiger partial charge in [0.1, 0.15) is 0 Å². The van der Waals surface area contributed by atoms with Gasteiger partial charge < -0.3 is 10.9 Å². The molecule has 0 spiro atoms. The number of rotatable bonds is 3. The maximum atomic E-state index is 10.3. The van der Waals surface area contributed by atoms with Crippen LogP contribution in [0.5, 0.6) is 0 Å². The first kappa shape index (κ1) is 10.1. The van der Waals surface area contributed by atoms with Gasteiger partial charge in [0, 0.05) is 0 Å². The number of hydrogen-bond acceptors (Lipinski definition) is 4. The highest BCUT2D eigenvalue weighted by atomic mass is 32.2. The molecule has 0 rings (SSSR count). The summed E-state index contributed by atoms with van der Waals surface area (Å²) >= 11 is 0. The van der Waals surface area contributed by atoms with E-state index in [-0.39, 0.29) is 5.84 Å². The molecule has 66 valence electrons. The molecule has 1 unspecified atom stereocenters. The maximum absolute atomic E-state index is 10.3. The summed E-state index contributed by atoms with van der Waals surface area (Å²) in [7, 11) is -3.80. The first-order valence-corrected chi connectivity index (χ1v) is 4.19. The number of nitrogens with two attached hydrogens (primary N) is 2. The van der Waals surface area contributed by atoms with Crippen molar-refractivity contribution in [2.45, 2.75) is 13.0 Å². The first-order chi connectivity index (χ1) is 4.87. The number of nitrogens with one attached hydrogen (secondary N) is 1. The topological polar surface area (TPSA) is 131 Å². The molecular weight excluding hydrogens is 172 g/mol. The standard InChI is InChI=1S/C3H10N4O3S/c1-2(3(4)6-8)7-11(5,9)10/h2,7-8H,1H3,(H2,4,6)(H2,5,9,10). The SMILES string of the molecule is CC(NS(N)(=O)=O)C(N)=NO. The van der Waals surface area contributed by atoms with Crippen LogP contribution in [0.4, 0.5) is 0 Å². The number of amidine groups is 1. The van der Waals surface area contributed by atoms with Crippen LogP contribution in [0, 0.1) is 0 Å². The molecule has 0 aliphatic heterocycles. The van der Waals surface area contributed by atoms with Crippen molar-refractivity contribution in [2.24, 2.45) is 16.0 Å². The van der Waals surface area contributed by atoms with Crippen molar-refractivity contribution in [3.63, 3.8) is 0 Å². The highest BCUT2D eigenvalue weighted by Crippen LogP contribution is 1.82. The van der Waals surface area contributed by atoms with Crippen molar-refractivity contribution in [2.75, 3.05) is 0 Å². The van der Waals surface area contributed by atoms with Crippen molar-refractivity contribution in [3.8, 4) is 0 Å². The van der Waals surface area contributed by atoms with Crippen LogP contribution in [-0.4, -0.2) is 25.5 Å². The molecule has 7 nitrogen and oxygen atoms in total. The Morgan fingerprint density at radius 3 is 2.45 bits per heavy atom. The summed E-state index contributed by atoms with van der Waals surface area (Å²) in [6.07, 6.45) is 0. The summed E-state index contributed by atoms with van der Waals surface area (Å²) in [5.74, 6) is -0.251. The predicted octanol–water partition coefficient (Wildman–Crippen LogP) is -2.09. The van der Waals surface area contributed by atoms with Gasteiger partial charge in [-0.15, -0.1) is 0 Å². The zero-order valence-electron chi connectivity index (χ0n) is 5.85. The fourth-order valence-corrected chi connectivity index (χ4v) is 1.01. The van der Waals surface area contributed by atoms with E-state index < -0.39 is 16.3 Å². The molecule has 0 radical (unpaired) electrons. The molecular formula is C3H10N4O3S. The molecule has 0 aromatic heterocycles. The summed E-state index contributed by atoms with van der Waals surface area (Å²) in [4.78, 5) is 0. The second-order valence-electron chi connectivity index (χ2n) is 1.91. The average Bonchev–Trinajstić information content (AvgIpc) is 1.82. The Morgan fingerprint density at radius 2 is 2.18 bits per heavy atom. The Morgan fingerprint density at radius 1 is 1.73 bits per heavy atom. The second-order valence-corrected chi connectivity index (χ2v) is 3.24. The summed E-state index contributed by atoms with van der Waals surface area (Å²) in [6.45, 7) is 1.39. The van der Waals surface area contributed by atoms with Gasteiger partial charge in [-0.25, -0.2) is 5.14 Å². The minimum absolute atomic E-state index is 0.251. The zero-order chi connectivity index (χ0) is 9.07. The van der Waals surface area contributed by atoms with Gasteiger partial charge >= 0.3 is 0 Å². The number of hydrogen-bond donors (Lipinski definition) is 4. The van der Waals surface area contributed by atoms with Gasteiger partial charge in [-0.1, -0.05) is 5.16 Å². The highest BCUT2D eigenvalue weighted by molar-refractivity contribution is 7.87. The quantitative estimate of drug-likeness (QED) is 0.172. The van der Waals surface area contributed by atoms with Crippen molar-refractivity contribution in [1.29, 1.82) is 0 Å².